The lowest BCUT2D eigenvalue weighted by Gasteiger charge is -2.14. The van der Waals surface area contributed by atoms with Gasteiger partial charge in [0.1, 0.15) is 12.6 Å². The van der Waals surface area contributed by atoms with Crippen LogP contribution in [-0.2, 0) is 9.59 Å². The molecule has 0 fully saturated rings. The Hall–Kier alpha value is -0.700. The zero-order chi connectivity index (χ0) is 7.28. The van der Waals surface area contributed by atoms with Crippen LogP contribution >= 0.6 is 0 Å². The van der Waals surface area contributed by atoms with Crippen molar-refractivity contribution in [2.75, 3.05) is 14.1 Å². The summed E-state index contributed by atoms with van der Waals surface area (Å²) < 4.78 is 0. The monoisotopic (exact) mass is 129 g/mol. The molecule has 0 N–H and O–H groups in total. The Bertz CT molecular complexity index is 101. The van der Waals surface area contributed by atoms with E-state index >= 15 is 0 Å². The zero-order valence-electron chi connectivity index (χ0n) is 5.70. The van der Waals surface area contributed by atoms with Crippen molar-refractivity contribution in [3.8, 4) is 0 Å². The normalized spacial score (nSPS) is 13.2. The molecule has 0 amide bonds. The molecule has 52 valence electrons. The molecule has 1 unspecified atom stereocenters. The van der Waals surface area contributed by atoms with Crippen LogP contribution < -0.4 is 0 Å². The molecule has 0 aliphatic rings. The van der Waals surface area contributed by atoms with Crippen molar-refractivity contribution < 1.29 is 9.59 Å². The van der Waals surface area contributed by atoms with Crippen molar-refractivity contribution in [2.24, 2.45) is 0 Å². The minimum absolute atomic E-state index is 0.248. The van der Waals surface area contributed by atoms with Gasteiger partial charge in [-0.15, -0.1) is 0 Å². The predicted octanol–water partition coefficient (Wildman–Crippen LogP) is -0.296. The second kappa shape index (κ2) is 4.21. The van der Waals surface area contributed by atoms with Gasteiger partial charge in [0, 0.05) is 6.42 Å². The van der Waals surface area contributed by atoms with E-state index in [-0.39, 0.29) is 12.5 Å². The number of rotatable bonds is 4. The van der Waals surface area contributed by atoms with E-state index in [1.807, 2.05) is 0 Å². The summed E-state index contributed by atoms with van der Waals surface area (Å²) >= 11 is 0. The van der Waals surface area contributed by atoms with Crippen LogP contribution in [0, 0.1) is 0 Å². The molecule has 9 heavy (non-hydrogen) atoms. The van der Waals surface area contributed by atoms with E-state index in [1.54, 1.807) is 19.0 Å². The Morgan fingerprint density at radius 3 is 2.11 bits per heavy atom. The van der Waals surface area contributed by atoms with Gasteiger partial charge in [-0.25, -0.2) is 0 Å². The SMILES string of the molecule is CN(C)C(C=O)CC=O. The quantitative estimate of drug-likeness (QED) is 0.489. The fourth-order valence-corrected chi connectivity index (χ4v) is 0.487. The molecule has 0 bridgehead atoms. The summed E-state index contributed by atoms with van der Waals surface area (Å²) in [5.41, 5.74) is 0. The summed E-state index contributed by atoms with van der Waals surface area (Å²) in [5, 5.41) is 0. The lowest BCUT2D eigenvalue weighted by molar-refractivity contribution is -0.116. The molecule has 0 saturated heterocycles. The van der Waals surface area contributed by atoms with Gasteiger partial charge in [-0.3, -0.25) is 4.90 Å². The molecule has 0 heterocycles. The maximum atomic E-state index is 10.1. The van der Waals surface area contributed by atoms with Gasteiger partial charge < -0.3 is 9.59 Å². The highest BCUT2D eigenvalue weighted by Gasteiger charge is 2.06. The van der Waals surface area contributed by atoms with Gasteiger partial charge in [-0.1, -0.05) is 0 Å². The van der Waals surface area contributed by atoms with Gasteiger partial charge in [-0.2, -0.15) is 0 Å². The van der Waals surface area contributed by atoms with E-state index in [0.717, 1.165) is 12.6 Å². The lowest BCUT2D eigenvalue weighted by Crippen LogP contribution is -2.29. The van der Waals surface area contributed by atoms with Gasteiger partial charge >= 0.3 is 0 Å². The molecule has 0 aliphatic heterocycles. The molecule has 0 aromatic rings. The second-order valence-corrected chi connectivity index (χ2v) is 2.07. The minimum Gasteiger partial charge on any atom is -0.303 e. The first kappa shape index (κ1) is 8.30. The van der Waals surface area contributed by atoms with Crippen molar-refractivity contribution in [3.05, 3.63) is 0 Å². The average molecular weight is 129 g/mol. The smallest absolute Gasteiger partial charge is 0.137 e. The number of likely N-dealkylation sites (N-methyl/N-ethyl adjacent to an activating group) is 1. The lowest BCUT2D eigenvalue weighted by atomic mass is 10.2. The number of carbonyl (C=O) groups excluding carboxylic acids is 2. The van der Waals surface area contributed by atoms with Gasteiger partial charge in [0.15, 0.2) is 0 Å². The fraction of sp³-hybridized carbons (Fsp3) is 0.667. The third kappa shape index (κ3) is 2.98. The number of carbonyl (C=O) groups is 2. The molecule has 3 nitrogen and oxygen atoms in total. The molecular formula is C6H11NO2. The molecule has 0 radical (unpaired) electrons. The van der Waals surface area contributed by atoms with Crippen LogP contribution in [0.3, 0.4) is 0 Å². The molecule has 0 spiro atoms. The molecule has 0 aromatic carbocycles. The first-order valence-electron chi connectivity index (χ1n) is 2.77. The summed E-state index contributed by atoms with van der Waals surface area (Å²) in [6.45, 7) is 0. The Kier molecular flexibility index (Phi) is 3.88. The summed E-state index contributed by atoms with van der Waals surface area (Å²) in [5.74, 6) is 0. The maximum Gasteiger partial charge on any atom is 0.137 e. The average Bonchev–Trinajstić information content (AvgIpc) is 1.82. The van der Waals surface area contributed by atoms with E-state index in [2.05, 4.69) is 0 Å². The topological polar surface area (TPSA) is 37.4 Å². The molecule has 1 atom stereocenters. The summed E-state index contributed by atoms with van der Waals surface area (Å²) in [7, 11) is 3.53. The standard InChI is InChI=1S/C6H11NO2/c1-7(2)6(5-9)3-4-8/h4-6H,3H2,1-2H3. The number of aldehydes is 2. The third-order valence-electron chi connectivity index (χ3n) is 1.16. The van der Waals surface area contributed by atoms with E-state index in [9.17, 15) is 9.59 Å². The van der Waals surface area contributed by atoms with E-state index in [1.165, 1.54) is 0 Å². The van der Waals surface area contributed by atoms with Gasteiger partial charge in [-0.05, 0) is 14.1 Å². The van der Waals surface area contributed by atoms with Crippen LogP contribution in [0.25, 0.3) is 0 Å². The number of hydrogen-bond acceptors (Lipinski definition) is 3. The Labute approximate surface area is 54.6 Å². The summed E-state index contributed by atoms with van der Waals surface area (Å²) in [4.78, 5) is 21.7. The molecular weight excluding hydrogens is 118 g/mol. The van der Waals surface area contributed by atoms with Crippen molar-refractivity contribution in [1.82, 2.24) is 4.90 Å². The van der Waals surface area contributed by atoms with Gasteiger partial charge in [0.25, 0.3) is 0 Å². The predicted molar refractivity (Wildman–Crippen MR) is 34.2 cm³/mol. The first-order valence-corrected chi connectivity index (χ1v) is 2.77. The highest BCUT2D eigenvalue weighted by atomic mass is 16.1. The fourth-order valence-electron chi connectivity index (χ4n) is 0.487. The van der Waals surface area contributed by atoms with Crippen LogP contribution in [0.2, 0.25) is 0 Å². The Morgan fingerprint density at radius 1 is 1.44 bits per heavy atom. The van der Waals surface area contributed by atoms with Crippen molar-refractivity contribution in [3.63, 3.8) is 0 Å². The Balaban J connectivity index is 3.66. The third-order valence-corrected chi connectivity index (χ3v) is 1.16. The van der Waals surface area contributed by atoms with Crippen LogP contribution in [0.4, 0.5) is 0 Å². The summed E-state index contributed by atoms with van der Waals surface area (Å²) in [6.07, 6.45) is 1.81. The zero-order valence-corrected chi connectivity index (χ0v) is 5.70. The summed E-state index contributed by atoms with van der Waals surface area (Å²) in [6, 6.07) is -0.248. The number of hydrogen-bond donors (Lipinski definition) is 0. The molecule has 0 rings (SSSR count). The van der Waals surface area contributed by atoms with Gasteiger partial charge in [0.2, 0.25) is 0 Å². The molecule has 0 aliphatic carbocycles. The molecule has 3 heteroatoms. The van der Waals surface area contributed by atoms with Gasteiger partial charge in [0.05, 0.1) is 6.04 Å². The second-order valence-electron chi connectivity index (χ2n) is 2.07. The van der Waals surface area contributed by atoms with Crippen molar-refractivity contribution in [1.29, 1.82) is 0 Å². The maximum absolute atomic E-state index is 10.1. The Morgan fingerprint density at radius 2 is 2.00 bits per heavy atom. The van der Waals surface area contributed by atoms with Crippen LogP contribution in [0.15, 0.2) is 0 Å². The van der Waals surface area contributed by atoms with E-state index in [0.29, 0.717) is 0 Å². The highest BCUT2D eigenvalue weighted by Crippen LogP contribution is 1.91. The van der Waals surface area contributed by atoms with Crippen LogP contribution in [0.1, 0.15) is 6.42 Å². The minimum atomic E-state index is -0.248. The van der Waals surface area contributed by atoms with Crippen molar-refractivity contribution >= 4 is 12.6 Å². The van der Waals surface area contributed by atoms with Crippen molar-refractivity contribution in [2.45, 2.75) is 12.5 Å². The highest BCUT2D eigenvalue weighted by molar-refractivity contribution is 5.65. The van der Waals surface area contributed by atoms with E-state index in [4.69, 9.17) is 0 Å². The van der Waals surface area contributed by atoms with E-state index < -0.39 is 0 Å². The van der Waals surface area contributed by atoms with Crippen LogP contribution in [-0.4, -0.2) is 37.6 Å². The molecule has 0 aromatic heterocycles. The number of nitrogens with zero attached hydrogens (tertiary/aromatic N) is 1. The first-order chi connectivity index (χ1) is 4.22. The molecule has 0 saturated carbocycles. The largest absolute Gasteiger partial charge is 0.303 e. The van der Waals surface area contributed by atoms with Crippen LogP contribution in [0.5, 0.6) is 0 Å².